The van der Waals surface area contributed by atoms with E-state index in [1.54, 1.807) is 0 Å². The van der Waals surface area contributed by atoms with Gasteiger partial charge in [0.25, 0.3) is 0 Å². The van der Waals surface area contributed by atoms with Crippen molar-refractivity contribution < 1.29 is 23.6 Å². The van der Waals surface area contributed by atoms with Gasteiger partial charge in [0.05, 0.1) is 0 Å². The molecule has 0 atom stereocenters. The summed E-state index contributed by atoms with van der Waals surface area (Å²) in [6.07, 6.45) is 1.96. The molecule has 2 N–H and O–H groups in total. The van der Waals surface area contributed by atoms with E-state index in [0.29, 0.717) is 0 Å². The van der Waals surface area contributed by atoms with Gasteiger partial charge < -0.3 is 14.8 Å². The fourth-order valence-electron chi connectivity index (χ4n) is 0.600. The first kappa shape index (κ1) is 9.81. The molecule has 0 aromatic carbocycles. The van der Waals surface area contributed by atoms with Gasteiger partial charge >= 0.3 is 19.7 Å². The molecular weight excluding hydrogens is 185 g/mol. The third-order valence-corrected chi connectivity index (χ3v) is 1.14. The smallest absolute Gasteiger partial charge is 0.423 e. The Labute approximate surface area is 72.2 Å². The van der Waals surface area contributed by atoms with E-state index in [4.69, 9.17) is 10.0 Å². The van der Waals surface area contributed by atoms with Gasteiger partial charge in [0.15, 0.2) is 0 Å². The number of hydrogen-bond acceptors (Lipinski definition) is 5. The van der Waals surface area contributed by atoms with Crippen molar-refractivity contribution in [3.8, 4) is 6.01 Å². The van der Waals surface area contributed by atoms with Crippen LogP contribution in [0.25, 0.3) is 0 Å². The van der Waals surface area contributed by atoms with E-state index in [2.05, 4.69) is 14.7 Å². The van der Waals surface area contributed by atoms with E-state index < -0.39 is 19.7 Å². The second-order valence-electron chi connectivity index (χ2n) is 2.05. The van der Waals surface area contributed by atoms with Gasteiger partial charge in [-0.25, -0.2) is 9.97 Å². The molecule has 70 valence electrons. The molecule has 8 heteroatoms. The third kappa shape index (κ3) is 2.92. The molecule has 1 aromatic rings. The Hall–Kier alpha value is -1.28. The molecule has 1 aromatic heterocycles. The summed E-state index contributed by atoms with van der Waals surface area (Å²) in [7, 11) is -1.72. The highest BCUT2D eigenvalue weighted by atomic mass is 19.3. The molecule has 1 heterocycles. The Morgan fingerprint density at radius 2 is 1.85 bits per heavy atom. The minimum Gasteiger partial charge on any atom is -0.423 e. The lowest BCUT2D eigenvalue weighted by atomic mass is 9.83. The second kappa shape index (κ2) is 4.10. The lowest BCUT2D eigenvalue weighted by molar-refractivity contribution is -0.0560. The van der Waals surface area contributed by atoms with Crippen LogP contribution in [0.3, 0.4) is 0 Å². The maximum Gasteiger partial charge on any atom is 0.491 e. The SMILES string of the molecule is OB(O)c1cnc(OC(F)F)nc1. The summed E-state index contributed by atoms with van der Waals surface area (Å²) in [4.78, 5) is 6.61. The molecule has 5 nitrogen and oxygen atoms in total. The quantitative estimate of drug-likeness (QED) is 0.582. The summed E-state index contributed by atoms with van der Waals surface area (Å²) in [6.45, 7) is -3.00. The van der Waals surface area contributed by atoms with Crippen LogP contribution >= 0.6 is 0 Å². The molecule has 0 aliphatic rings. The number of hydrogen-bond donors (Lipinski definition) is 2. The fraction of sp³-hybridized carbons (Fsp3) is 0.200. The van der Waals surface area contributed by atoms with Crippen LogP contribution in [0.2, 0.25) is 0 Å². The number of alkyl halides is 2. The molecule has 0 amide bonds. The van der Waals surface area contributed by atoms with E-state index in [-0.39, 0.29) is 5.46 Å². The Morgan fingerprint density at radius 1 is 1.31 bits per heavy atom. The van der Waals surface area contributed by atoms with E-state index in [9.17, 15) is 8.78 Å². The molecule has 0 bridgehead atoms. The maximum absolute atomic E-state index is 11.6. The minimum absolute atomic E-state index is 0.00150. The van der Waals surface area contributed by atoms with Crippen molar-refractivity contribution in [2.24, 2.45) is 0 Å². The van der Waals surface area contributed by atoms with Gasteiger partial charge in [0.2, 0.25) is 0 Å². The van der Waals surface area contributed by atoms with Crippen molar-refractivity contribution in [3.05, 3.63) is 12.4 Å². The first-order valence-corrected chi connectivity index (χ1v) is 3.22. The monoisotopic (exact) mass is 190 g/mol. The van der Waals surface area contributed by atoms with Crippen molar-refractivity contribution in [2.75, 3.05) is 0 Å². The molecule has 1 rings (SSSR count). The summed E-state index contributed by atoms with van der Waals surface area (Å²) in [5.74, 6) is 0. The molecule has 0 aliphatic carbocycles. The highest BCUT2D eigenvalue weighted by Gasteiger charge is 2.13. The van der Waals surface area contributed by atoms with E-state index in [0.717, 1.165) is 12.4 Å². The van der Waals surface area contributed by atoms with E-state index >= 15 is 0 Å². The lowest BCUT2D eigenvalue weighted by Crippen LogP contribution is -2.30. The first-order chi connectivity index (χ1) is 6.09. The molecule has 0 fully saturated rings. The second-order valence-corrected chi connectivity index (χ2v) is 2.05. The van der Waals surface area contributed by atoms with Gasteiger partial charge in [0.1, 0.15) is 0 Å². The average molecular weight is 190 g/mol. The van der Waals surface area contributed by atoms with Crippen LogP contribution in [-0.2, 0) is 0 Å². The van der Waals surface area contributed by atoms with Crippen LogP contribution in [-0.4, -0.2) is 33.7 Å². The molecule has 0 saturated carbocycles. The van der Waals surface area contributed by atoms with Crippen LogP contribution in [0, 0.1) is 0 Å². The molecular formula is C5H5BF2N2O3. The topological polar surface area (TPSA) is 75.5 Å². The summed E-state index contributed by atoms with van der Waals surface area (Å²) < 4.78 is 27.0. The van der Waals surface area contributed by atoms with Crippen molar-refractivity contribution in [1.82, 2.24) is 9.97 Å². The molecule has 13 heavy (non-hydrogen) atoms. The molecule has 0 radical (unpaired) electrons. The number of rotatable bonds is 3. The Kier molecular flexibility index (Phi) is 3.10. The molecule has 0 spiro atoms. The van der Waals surface area contributed by atoms with Crippen molar-refractivity contribution in [3.63, 3.8) is 0 Å². The van der Waals surface area contributed by atoms with Crippen molar-refractivity contribution in [2.45, 2.75) is 6.61 Å². The van der Waals surface area contributed by atoms with Crippen molar-refractivity contribution in [1.29, 1.82) is 0 Å². The van der Waals surface area contributed by atoms with Crippen LogP contribution in [0.5, 0.6) is 6.01 Å². The zero-order valence-corrected chi connectivity index (χ0v) is 6.26. The zero-order chi connectivity index (χ0) is 9.84. The van der Waals surface area contributed by atoms with Crippen LogP contribution in [0.15, 0.2) is 12.4 Å². The predicted octanol–water partition coefficient (Wildman–Crippen LogP) is -1.24. The van der Waals surface area contributed by atoms with E-state index in [1.807, 2.05) is 0 Å². The first-order valence-electron chi connectivity index (χ1n) is 3.22. The van der Waals surface area contributed by atoms with Crippen LogP contribution in [0.1, 0.15) is 0 Å². The Bertz CT molecular complexity index is 269. The summed E-state index contributed by atoms with van der Waals surface area (Å²) in [5, 5.41) is 17.2. The highest BCUT2D eigenvalue weighted by molar-refractivity contribution is 6.58. The fourth-order valence-corrected chi connectivity index (χ4v) is 0.600. The zero-order valence-electron chi connectivity index (χ0n) is 6.26. The minimum atomic E-state index is -3.00. The standard InChI is InChI=1S/C5H5BF2N2O3/c7-4(8)13-5-9-1-3(2-10-5)6(11)12/h1-2,4,11-12H. The molecule has 0 unspecified atom stereocenters. The summed E-state index contributed by atoms with van der Waals surface area (Å²) in [6, 6.07) is -0.514. The third-order valence-electron chi connectivity index (χ3n) is 1.14. The van der Waals surface area contributed by atoms with Gasteiger partial charge in [-0.15, -0.1) is 0 Å². The van der Waals surface area contributed by atoms with Gasteiger partial charge in [-0.1, -0.05) is 0 Å². The number of halogens is 2. The Morgan fingerprint density at radius 3 is 2.23 bits per heavy atom. The summed E-state index contributed by atoms with van der Waals surface area (Å²) in [5.41, 5.74) is 0.00150. The lowest BCUT2D eigenvalue weighted by Gasteiger charge is -2.02. The van der Waals surface area contributed by atoms with Gasteiger partial charge in [-0.05, 0) is 0 Å². The number of aromatic nitrogens is 2. The average Bonchev–Trinajstić information content (AvgIpc) is 2.04. The van der Waals surface area contributed by atoms with E-state index in [1.165, 1.54) is 0 Å². The van der Waals surface area contributed by atoms with Gasteiger partial charge in [-0.2, -0.15) is 8.78 Å². The number of ether oxygens (including phenoxy) is 1. The Balaban J connectivity index is 2.70. The highest BCUT2D eigenvalue weighted by Crippen LogP contribution is 2.02. The molecule has 0 saturated heterocycles. The predicted molar refractivity (Wildman–Crippen MR) is 38.5 cm³/mol. The normalized spacial score (nSPS) is 10.2. The van der Waals surface area contributed by atoms with Crippen LogP contribution in [0.4, 0.5) is 8.78 Å². The van der Waals surface area contributed by atoms with Gasteiger partial charge in [0, 0.05) is 17.9 Å². The largest absolute Gasteiger partial charge is 0.491 e. The number of nitrogens with zero attached hydrogens (tertiary/aromatic N) is 2. The van der Waals surface area contributed by atoms with Crippen LogP contribution < -0.4 is 10.2 Å². The maximum atomic E-state index is 11.6. The summed E-state index contributed by atoms with van der Waals surface area (Å²) >= 11 is 0. The molecule has 0 aliphatic heterocycles. The van der Waals surface area contributed by atoms with Gasteiger partial charge in [-0.3, -0.25) is 0 Å². The van der Waals surface area contributed by atoms with Crippen molar-refractivity contribution >= 4 is 12.6 Å².